The first-order valence-corrected chi connectivity index (χ1v) is 11.0. The largest absolute Gasteiger partial charge is 0.367 e. The van der Waals surface area contributed by atoms with Crippen molar-refractivity contribution in [1.29, 1.82) is 0 Å². The number of nitrogens with one attached hydrogen (secondary N) is 2. The normalized spacial score (nSPS) is 16.7. The van der Waals surface area contributed by atoms with Crippen molar-refractivity contribution in [3.05, 3.63) is 53.5 Å². The number of rotatable bonds is 7. The van der Waals surface area contributed by atoms with Gasteiger partial charge in [-0.2, -0.15) is 0 Å². The van der Waals surface area contributed by atoms with Crippen LogP contribution in [0, 0.1) is 0 Å². The molecule has 1 saturated heterocycles. The summed E-state index contributed by atoms with van der Waals surface area (Å²) in [5.41, 5.74) is 3.17. The SMILES string of the molecule is CC(=O)N1CCC(Nc2cc(C(=O)NCCCN3Cc4ccccc4C3)ncn2)CC1. The minimum absolute atomic E-state index is 0.119. The molecular formula is C23H30N6O2. The van der Waals surface area contributed by atoms with E-state index in [1.165, 1.54) is 17.5 Å². The zero-order chi connectivity index (χ0) is 21.6. The Bertz CT molecular complexity index is 901. The van der Waals surface area contributed by atoms with Gasteiger partial charge in [0.1, 0.15) is 17.8 Å². The Morgan fingerprint density at radius 2 is 1.81 bits per heavy atom. The molecule has 0 aliphatic carbocycles. The quantitative estimate of drug-likeness (QED) is 0.664. The Morgan fingerprint density at radius 1 is 1.10 bits per heavy atom. The number of nitrogens with zero attached hydrogens (tertiary/aromatic N) is 4. The van der Waals surface area contributed by atoms with Gasteiger partial charge in [-0.1, -0.05) is 24.3 Å². The fourth-order valence-electron chi connectivity index (χ4n) is 4.27. The molecule has 2 aliphatic heterocycles. The van der Waals surface area contributed by atoms with E-state index in [1.807, 2.05) is 4.90 Å². The van der Waals surface area contributed by atoms with Crippen LogP contribution < -0.4 is 10.6 Å². The summed E-state index contributed by atoms with van der Waals surface area (Å²) in [4.78, 5) is 36.6. The molecule has 164 valence electrons. The molecule has 0 spiro atoms. The van der Waals surface area contributed by atoms with Crippen LogP contribution in [-0.4, -0.2) is 63.8 Å². The topological polar surface area (TPSA) is 90.5 Å². The molecule has 0 radical (unpaired) electrons. The van der Waals surface area contributed by atoms with Crippen LogP contribution in [0.5, 0.6) is 0 Å². The van der Waals surface area contributed by atoms with Crippen molar-refractivity contribution in [2.45, 2.75) is 45.3 Å². The first-order chi connectivity index (χ1) is 15.1. The van der Waals surface area contributed by atoms with Crippen LogP contribution in [0.15, 0.2) is 36.7 Å². The van der Waals surface area contributed by atoms with E-state index in [1.54, 1.807) is 13.0 Å². The lowest BCUT2D eigenvalue weighted by Crippen LogP contribution is -2.41. The van der Waals surface area contributed by atoms with Crippen LogP contribution in [0.4, 0.5) is 5.82 Å². The van der Waals surface area contributed by atoms with Crippen LogP contribution in [0.25, 0.3) is 0 Å². The number of hydrogen-bond acceptors (Lipinski definition) is 6. The molecule has 0 bridgehead atoms. The first kappa shape index (κ1) is 21.2. The second-order valence-corrected chi connectivity index (χ2v) is 8.30. The number of amides is 2. The highest BCUT2D eigenvalue weighted by Gasteiger charge is 2.21. The second-order valence-electron chi connectivity index (χ2n) is 8.30. The minimum atomic E-state index is -0.179. The highest BCUT2D eigenvalue weighted by molar-refractivity contribution is 5.92. The number of aromatic nitrogens is 2. The number of piperidine rings is 1. The van der Waals surface area contributed by atoms with Gasteiger partial charge in [0.15, 0.2) is 0 Å². The van der Waals surface area contributed by atoms with Crippen LogP contribution in [0.2, 0.25) is 0 Å². The molecule has 0 atom stereocenters. The smallest absolute Gasteiger partial charge is 0.270 e. The van der Waals surface area contributed by atoms with Gasteiger partial charge in [0.2, 0.25) is 5.91 Å². The number of carbonyl (C=O) groups is 2. The van der Waals surface area contributed by atoms with Crippen molar-refractivity contribution >= 4 is 17.6 Å². The van der Waals surface area contributed by atoms with E-state index in [0.717, 1.165) is 52.0 Å². The number of benzene rings is 1. The van der Waals surface area contributed by atoms with Crippen LogP contribution >= 0.6 is 0 Å². The Hall–Kier alpha value is -3.00. The van der Waals surface area contributed by atoms with Gasteiger partial charge in [-0.3, -0.25) is 14.5 Å². The van der Waals surface area contributed by atoms with Gasteiger partial charge < -0.3 is 15.5 Å². The summed E-state index contributed by atoms with van der Waals surface area (Å²) in [5, 5.41) is 6.34. The molecule has 0 unspecified atom stereocenters. The monoisotopic (exact) mass is 422 g/mol. The summed E-state index contributed by atoms with van der Waals surface area (Å²) < 4.78 is 0. The average Bonchev–Trinajstić information content (AvgIpc) is 3.20. The van der Waals surface area contributed by atoms with E-state index in [0.29, 0.717) is 18.1 Å². The first-order valence-electron chi connectivity index (χ1n) is 11.0. The van der Waals surface area contributed by atoms with E-state index in [2.05, 4.69) is 49.8 Å². The molecule has 2 amide bonds. The lowest BCUT2D eigenvalue weighted by atomic mass is 10.1. The maximum Gasteiger partial charge on any atom is 0.270 e. The second kappa shape index (κ2) is 9.87. The van der Waals surface area contributed by atoms with E-state index in [9.17, 15) is 9.59 Å². The Balaban J connectivity index is 1.19. The molecule has 2 aliphatic rings. The van der Waals surface area contributed by atoms with Gasteiger partial charge in [-0.05, 0) is 30.4 Å². The molecule has 4 rings (SSSR count). The van der Waals surface area contributed by atoms with Crippen molar-refractivity contribution in [2.75, 3.05) is 31.5 Å². The average molecular weight is 423 g/mol. The number of hydrogen-bond donors (Lipinski definition) is 2. The summed E-state index contributed by atoms with van der Waals surface area (Å²) >= 11 is 0. The van der Waals surface area contributed by atoms with E-state index in [-0.39, 0.29) is 17.9 Å². The standard InChI is InChI=1S/C23H30N6O2/c1-17(30)29-11-7-20(8-12-29)27-22-13-21(25-16-26-22)23(31)24-9-4-10-28-14-18-5-2-3-6-19(18)15-28/h2-3,5-6,13,16,20H,4,7-12,14-15H2,1H3,(H,24,31)(H,25,26,27). The fraction of sp³-hybridized carbons (Fsp3) is 0.478. The fourth-order valence-corrected chi connectivity index (χ4v) is 4.27. The van der Waals surface area contributed by atoms with Gasteiger partial charge >= 0.3 is 0 Å². The van der Waals surface area contributed by atoms with Crippen molar-refractivity contribution in [3.8, 4) is 0 Å². The number of carbonyl (C=O) groups excluding carboxylic acids is 2. The molecule has 2 N–H and O–H groups in total. The zero-order valence-electron chi connectivity index (χ0n) is 18.0. The molecule has 1 fully saturated rings. The van der Waals surface area contributed by atoms with E-state index in [4.69, 9.17) is 0 Å². The Kier molecular flexibility index (Phi) is 6.76. The molecule has 0 saturated carbocycles. The van der Waals surface area contributed by atoms with E-state index < -0.39 is 0 Å². The highest BCUT2D eigenvalue weighted by Crippen LogP contribution is 2.22. The maximum absolute atomic E-state index is 12.5. The molecule has 31 heavy (non-hydrogen) atoms. The molecule has 2 aromatic rings. The summed E-state index contributed by atoms with van der Waals surface area (Å²) in [6.07, 6.45) is 4.05. The minimum Gasteiger partial charge on any atom is -0.367 e. The summed E-state index contributed by atoms with van der Waals surface area (Å²) in [5.74, 6) is 0.589. The maximum atomic E-state index is 12.5. The number of likely N-dealkylation sites (tertiary alicyclic amines) is 1. The van der Waals surface area contributed by atoms with Gasteiger partial charge in [0.25, 0.3) is 5.91 Å². The third kappa shape index (κ3) is 5.58. The van der Waals surface area contributed by atoms with Crippen LogP contribution in [-0.2, 0) is 17.9 Å². The third-order valence-electron chi connectivity index (χ3n) is 6.03. The predicted molar refractivity (Wildman–Crippen MR) is 118 cm³/mol. The Morgan fingerprint density at radius 3 is 2.48 bits per heavy atom. The lowest BCUT2D eigenvalue weighted by molar-refractivity contribution is -0.129. The molecule has 8 nitrogen and oxygen atoms in total. The molecule has 3 heterocycles. The van der Waals surface area contributed by atoms with Crippen molar-refractivity contribution in [1.82, 2.24) is 25.1 Å². The zero-order valence-corrected chi connectivity index (χ0v) is 18.0. The summed E-state index contributed by atoms with van der Waals surface area (Å²) in [6, 6.07) is 10.5. The van der Waals surface area contributed by atoms with Gasteiger partial charge in [0, 0.05) is 58.3 Å². The summed E-state index contributed by atoms with van der Waals surface area (Å²) in [7, 11) is 0. The van der Waals surface area contributed by atoms with Crippen LogP contribution in [0.1, 0.15) is 47.8 Å². The van der Waals surface area contributed by atoms with E-state index >= 15 is 0 Å². The highest BCUT2D eigenvalue weighted by atomic mass is 16.2. The van der Waals surface area contributed by atoms with Crippen molar-refractivity contribution in [2.24, 2.45) is 0 Å². The third-order valence-corrected chi connectivity index (χ3v) is 6.03. The summed E-state index contributed by atoms with van der Waals surface area (Å²) in [6.45, 7) is 6.62. The number of fused-ring (bicyclic) bond motifs is 1. The van der Waals surface area contributed by atoms with Crippen molar-refractivity contribution in [3.63, 3.8) is 0 Å². The van der Waals surface area contributed by atoms with Crippen molar-refractivity contribution < 1.29 is 9.59 Å². The van der Waals surface area contributed by atoms with Gasteiger partial charge in [-0.15, -0.1) is 0 Å². The van der Waals surface area contributed by atoms with Gasteiger partial charge in [0.05, 0.1) is 0 Å². The predicted octanol–water partition coefficient (Wildman–Crippen LogP) is 2.04. The lowest BCUT2D eigenvalue weighted by Gasteiger charge is -2.31. The van der Waals surface area contributed by atoms with Gasteiger partial charge in [-0.25, -0.2) is 9.97 Å². The number of anilines is 1. The molecule has 8 heteroatoms. The Labute approximate surface area is 183 Å². The molecule has 1 aromatic carbocycles. The molecular weight excluding hydrogens is 392 g/mol. The molecule has 1 aromatic heterocycles. The van der Waals surface area contributed by atoms with Crippen LogP contribution in [0.3, 0.4) is 0 Å².